The van der Waals surface area contributed by atoms with E-state index in [0.717, 1.165) is 0 Å². The number of rotatable bonds is 3. The molecule has 2 aromatic heterocycles. The summed E-state index contributed by atoms with van der Waals surface area (Å²) in [6, 6.07) is 2.98. The van der Waals surface area contributed by atoms with Crippen LogP contribution >= 0.6 is 0 Å². The molecule has 0 amide bonds. The van der Waals surface area contributed by atoms with Crippen molar-refractivity contribution in [3.05, 3.63) is 18.0 Å². The van der Waals surface area contributed by atoms with Gasteiger partial charge in [0.2, 0.25) is 5.95 Å². The molecule has 1 atom stereocenters. The summed E-state index contributed by atoms with van der Waals surface area (Å²) in [5.41, 5.74) is 5.32. The molecule has 148 valence electrons. The fourth-order valence-corrected chi connectivity index (χ4v) is 3.73. The smallest absolute Gasteiger partial charge is 0.395 e. The summed E-state index contributed by atoms with van der Waals surface area (Å²) in [6.07, 6.45) is -3.27. The number of nitrogens with zero attached hydrogens (tertiary/aromatic N) is 5. The molecular weight excluding hydrogens is 377 g/mol. The molecule has 0 spiro atoms. The Kier molecular flexibility index (Phi) is 3.32. The van der Waals surface area contributed by atoms with Gasteiger partial charge in [-0.2, -0.15) is 4.52 Å². The van der Waals surface area contributed by atoms with Crippen molar-refractivity contribution in [1.29, 1.82) is 0 Å². The van der Waals surface area contributed by atoms with Crippen molar-refractivity contribution in [2.24, 2.45) is 0 Å². The molecule has 0 radical (unpaired) electrons. The second-order valence-corrected chi connectivity index (χ2v) is 7.56. The second-order valence-electron chi connectivity index (χ2n) is 7.56. The Morgan fingerprint density at radius 2 is 1.96 bits per heavy atom. The summed E-state index contributed by atoms with van der Waals surface area (Å²) in [5.74, 6) is 0.192. The first-order valence-electron chi connectivity index (χ1n) is 8.78. The van der Waals surface area contributed by atoms with Gasteiger partial charge >= 0.3 is 6.29 Å². The molecule has 5 rings (SSSR count). The number of anilines is 1. The lowest BCUT2D eigenvalue weighted by molar-refractivity contribution is -0.286. The van der Waals surface area contributed by atoms with Gasteiger partial charge in [-0.05, 0) is 26.0 Å². The minimum Gasteiger partial charge on any atom is -0.395 e. The molecule has 3 aromatic rings. The van der Waals surface area contributed by atoms with E-state index in [1.54, 1.807) is 13.0 Å². The van der Waals surface area contributed by atoms with E-state index >= 15 is 0 Å². The Balaban J connectivity index is 1.53. The van der Waals surface area contributed by atoms with Crippen LogP contribution in [0.4, 0.5) is 19.1 Å². The Bertz CT molecular complexity index is 1110. The highest BCUT2D eigenvalue weighted by atomic mass is 19.3. The van der Waals surface area contributed by atoms with Crippen LogP contribution in [0, 0.1) is 0 Å². The van der Waals surface area contributed by atoms with Gasteiger partial charge in [0.25, 0.3) is 0 Å². The molecular formula is C17H17F3N6O2. The average Bonchev–Trinajstić information content (AvgIpc) is 3.12. The third-order valence-electron chi connectivity index (χ3n) is 5.05. The highest BCUT2D eigenvalue weighted by Crippen LogP contribution is 2.45. The second kappa shape index (κ2) is 5.37. The highest BCUT2D eigenvalue weighted by Gasteiger charge is 2.45. The number of halogens is 3. The van der Waals surface area contributed by atoms with Crippen LogP contribution in [0.15, 0.2) is 12.1 Å². The Morgan fingerprint density at radius 1 is 1.21 bits per heavy atom. The number of alkyl halides is 3. The van der Waals surface area contributed by atoms with Gasteiger partial charge in [0, 0.05) is 30.9 Å². The maximum Gasteiger partial charge on any atom is 0.586 e. The van der Waals surface area contributed by atoms with E-state index < -0.39 is 12.0 Å². The molecule has 8 nitrogen and oxygen atoms in total. The van der Waals surface area contributed by atoms with Crippen molar-refractivity contribution in [2.75, 3.05) is 18.8 Å². The fourth-order valence-electron chi connectivity index (χ4n) is 3.73. The molecule has 28 heavy (non-hydrogen) atoms. The van der Waals surface area contributed by atoms with Gasteiger partial charge in [0.1, 0.15) is 11.2 Å². The van der Waals surface area contributed by atoms with Gasteiger partial charge in [-0.25, -0.2) is 14.4 Å². The molecule has 11 heteroatoms. The van der Waals surface area contributed by atoms with Crippen LogP contribution in [0.1, 0.15) is 19.7 Å². The highest BCUT2D eigenvalue weighted by molar-refractivity contribution is 5.97. The summed E-state index contributed by atoms with van der Waals surface area (Å²) < 4.78 is 51.0. The number of aromatic nitrogens is 4. The lowest BCUT2D eigenvalue weighted by Gasteiger charge is -2.45. The zero-order valence-corrected chi connectivity index (χ0v) is 15.1. The topological polar surface area (TPSA) is 90.8 Å². The molecule has 0 aliphatic carbocycles. The van der Waals surface area contributed by atoms with E-state index in [0.29, 0.717) is 36.4 Å². The van der Waals surface area contributed by atoms with Crippen molar-refractivity contribution in [1.82, 2.24) is 24.5 Å². The third kappa shape index (κ3) is 2.60. The molecule has 1 fully saturated rings. The van der Waals surface area contributed by atoms with Crippen molar-refractivity contribution < 1.29 is 22.6 Å². The molecule has 0 unspecified atom stereocenters. The van der Waals surface area contributed by atoms with Crippen LogP contribution in [0.5, 0.6) is 11.5 Å². The van der Waals surface area contributed by atoms with Gasteiger partial charge in [-0.3, -0.25) is 4.90 Å². The number of likely N-dealkylation sites (tertiary alicyclic amines) is 1. The first-order chi connectivity index (χ1) is 13.1. The van der Waals surface area contributed by atoms with Crippen LogP contribution in [0.2, 0.25) is 0 Å². The summed E-state index contributed by atoms with van der Waals surface area (Å²) in [4.78, 5) is 10.7. The predicted octanol–water partition coefficient (Wildman–Crippen LogP) is 2.16. The lowest BCUT2D eigenvalue weighted by Crippen LogP contribution is -2.60. The lowest BCUT2D eigenvalue weighted by atomic mass is 9.96. The zero-order chi connectivity index (χ0) is 19.8. The first-order valence-corrected chi connectivity index (χ1v) is 8.78. The van der Waals surface area contributed by atoms with Gasteiger partial charge in [-0.15, -0.1) is 13.9 Å². The number of ether oxygens (including phenoxy) is 2. The average molecular weight is 394 g/mol. The normalized spacial score (nSPS) is 21.2. The Hall–Kier alpha value is -2.82. The quantitative estimate of drug-likeness (QED) is 0.728. The summed E-state index contributed by atoms with van der Waals surface area (Å²) in [6.45, 7) is 4.28. The monoisotopic (exact) mass is 394 g/mol. The van der Waals surface area contributed by atoms with Crippen LogP contribution < -0.4 is 15.2 Å². The number of benzene rings is 1. The summed E-state index contributed by atoms with van der Waals surface area (Å²) in [7, 11) is 0. The minimum absolute atomic E-state index is 0.0126. The van der Waals surface area contributed by atoms with Gasteiger partial charge < -0.3 is 15.2 Å². The molecule has 1 aromatic carbocycles. The van der Waals surface area contributed by atoms with Gasteiger partial charge in [0.05, 0.1) is 0 Å². The molecule has 1 saturated heterocycles. The van der Waals surface area contributed by atoms with Gasteiger partial charge in [0.15, 0.2) is 23.0 Å². The largest absolute Gasteiger partial charge is 0.586 e. The van der Waals surface area contributed by atoms with E-state index in [1.807, 2.05) is 11.8 Å². The minimum atomic E-state index is -3.75. The molecule has 0 saturated carbocycles. The maximum atomic E-state index is 13.7. The number of hydrogen-bond donors (Lipinski definition) is 1. The number of hydrogen-bond acceptors (Lipinski definition) is 7. The van der Waals surface area contributed by atoms with E-state index in [1.165, 1.54) is 10.6 Å². The zero-order valence-electron chi connectivity index (χ0n) is 15.1. The van der Waals surface area contributed by atoms with Crippen LogP contribution in [0.25, 0.3) is 16.6 Å². The summed E-state index contributed by atoms with van der Waals surface area (Å²) >= 11 is 0. The first kappa shape index (κ1) is 17.3. The van der Waals surface area contributed by atoms with Crippen molar-refractivity contribution in [3.8, 4) is 11.5 Å². The van der Waals surface area contributed by atoms with Crippen molar-refractivity contribution >= 4 is 22.5 Å². The standard InChI is InChI=1S/C17H17F3N6O2/c1-8(25-6-16(2,18)7-25)5-11-22-14-9-3-4-10-13(28-17(19,20)27-10)12(9)23-15(21)26(14)24-11/h3-4,8H,5-7H2,1-2H3,(H2,21,23)/t8-/m1/s1. The van der Waals surface area contributed by atoms with Crippen LogP contribution in [0.3, 0.4) is 0 Å². The van der Waals surface area contributed by atoms with Crippen LogP contribution in [-0.4, -0.2) is 55.6 Å². The van der Waals surface area contributed by atoms with Crippen molar-refractivity contribution in [2.45, 2.75) is 38.3 Å². The van der Waals surface area contributed by atoms with Gasteiger partial charge in [-0.1, -0.05) is 0 Å². The molecule has 0 bridgehead atoms. The van der Waals surface area contributed by atoms with E-state index in [9.17, 15) is 13.2 Å². The number of nitrogens with two attached hydrogens (primary N) is 1. The summed E-state index contributed by atoms with van der Waals surface area (Å²) in [5, 5.41) is 4.84. The third-order valence-corrected chi connectivity index (χ3v) is 5.05. The molecule has 2 aliphatic heterocycles. The maximum absolute atomic E-state index is 13.7. The molecule has 2 aliphatic rings. The predicted molar refractivity (Wildman–Crippen MR) is 93.2 cm³/mol. The Labute approximate surface area is 157 Å². The van der Waals surface area contributed by atoms with E-state index in [2.05, 4.69) is 24.5 Å². The SMILES string of the molecule is C[C@H](Cc1nc2c3ccc4c(c3nc(N)n2n1)OC(F)(F)O4)N1CC(C)(F)C1. The van der Waals surface area contributed by atoms with E-state index in [4.69, 9.17) is 5.73 Å². The number of nitrogen functional groups attached to an aromatic ring is 1. The Morgan fingerprint density at radius 3 is 2.68 bits per heavy atom. The fraction of sp³-hybridized carbons (Fsp3) is 0.471. The van der Waals surface area contributed by atoms with Crippen molar-refractivity contribution in [3.63, 3.8) is 0 Å². The molecule has 4 heterocycles. The molecule has 2 N–H and O–H groups in total. The van der Waals surface area contributed by atoms with E-state index in [-0.39, 0.29) is 29.0 Å². The van der Waals surface area contributed by atoms with Crippen LogP contribution in [-0.2, 0) is 6.42 Å². The number of fused-ring (bicyclic) bond motifs is 5.